The van der Waals surface area contributed by atoms with E-state index < -0.39 is 0 Å². The number of aliphatic hydroxyl groups is 1. The number of benzene rings is 4. The number of rotatable bonds is 30. The van der Waals surface area contributed by atoms with E-state index in [0.717, 1.165) is 114 Å². The van der Waals surface area contributed by atoms with Crippen LogP contribution in [-0.4, -0.2) is 233 Å². The first-order valence-electron chi connectivity index (χ1n) is 42.1. The number of likely N-dealkylation sites (tertiary alicyclic amines) is 5. The normalized spacial score (nSPS) is 16.9. The van der Waals surface area contributed by atoms with E-state index >= 15 is 0 Å². The van der Waals surface area contributed by atoms with Crippen molar-refractivity contribution in [2.24, 2.45) is 0 Å². The van der Waals surface area contributed by atoms with Gasteiger partial charge in [-0.05, 0) is 228 Å². The largest absolute Gasteiger partial charge is 0.507 e. The van der Waals surface area contributed by atoms with Crippen LogP contribution in [0.2, 0.25) is 0 Å². The Labute approximate surface area is 719 Å². The minimum absolute atomic E-state index is 0. The van der Waals surface area contributed by atoms with Crippen molar-refractivity contribution < 1.29 is 87.6 Å². The SMILES string of the molecule is C.CC(=O)c1c(O)cccc1OC[C@@H]1CCCCN1C(=O)c1cccnc1CCC#N.CC(=O)c1c(O)cccc1OC[C@@H]1CCCCN1C(=O)c1cccnc1CCN1CCCC1.CC(=O)c1c(O)cccc1OC[C@@H]1CCCCN1C(=O)c1cccnc1CCO.COCCc1ncccc1C(=O)N1CCCC[C@H]1COc1cccc(O)c1C(C)=O. The van der Waals surface area contributed by atoms with E-state index in [0.29, 0.717) is 115 Å². The maximum atomic E-state index is 13.6. The van der Waals surface area contributed by atoms with E-state index in [9.17, 15) is 63.9 Å². The third-order valence-electron chi connectivity index (χ3n) is 22.4. The zero-order valence-electron chi connectivity index (χ0n) is 70.3. The lowest BCUT2D eigenvalue weighted by Gasteiger charge is -2.36. The molecule has 4 aromatic heterocycles. The molecule has 4 amide bonds. The summed E-state index contributed by atoms with van der Waals surface area (Å²) in [6, 6.07) is 34.8. The molecule has 4 aromatic carbocycles. The first kappa shape index (κ1) is 94.7. The van der Waals surface area contributed by atoms with Gasteiger partial charge in [0.25, 0.3) is 23.6 Å². The van der Waals surface area contributed by atoms with E-state index in [-0.39, 0.29) is 157 Å². The van der Waals surface area contributed by atoms with Gasteiger partial charge >= 0.3 is 0 Å². The number of aromatic hydroxyl groups is 4. The van der Waals surface area contributed by atoms with Crippen molar-refractivity contribution in [1.82, 2.24) is 44.4 Å². The van der Waals surface area contributed by atoms with Gasteiger partial charge in [-0.3, -0.25) is 58.3 Å². The molecule has 8 aromatic rings. The predicted molar refractivity (Wildman–Crippen MR) is 462 cm³/mol. The molecule has 0 aliphatic carbocycles. The Morgan fingerprint density at radius 3 is 0.935 bits per heavy atom. The number of pyridine rings is 4. The van der Waals surface area contributed by atoms with E-state index in [4.69, 9.17) is 28.9 Å². The third-order valence-corrected chi connectivity index (χ3v) is 22.4. The van der Waals surface area contributed by atoms with Gasteiger partial charge in [0.15, 0.2) is 23.1 Å². The lowest BCUT2D eigenvalue weighted by atomic mass is 10.00. The van der Waals surface area contributed by atoms with E-state index in [1.54, 1.807) is 127 Å². The molecule has 0 bridgehead atoms. The van der Waals surface area contributed by atoms with Crippen molar-refractivity contribution >= 4 is 46.8 Å². The predicted octanol–water partition coefficient (Wildman–Crippen LogP) is 13.7. The molecule has 28 heteroatoms. The van der Waals surface area contributed by atoms with Crippen LogP contribution >= 0.6 is 0 Å². The number of carbonyl (C=O) groups is 8. The minimum atomic E-state index is -0.280. The average Bonchev–Trinajstić information content (AvgIpc) is 0.866. The summed E-state index contributed by atoms with van der Waals surface area (Å²) in [5.41, 5.74) is 5.70. The second kappa shape index (κ2) is 47.9. The summed E-state index contributed by atoms with van der Waals surface area (Å²) in [4.78, 5) is 128. The molecule has 0 unspecified atom stereocenters. The summed E-state index contributed by atoms with van der Waals surface area (Å²) in [6.07, 6.45) is 22.5. The zero-order chi connectivity index (χ0) is 87.0. The molecule has 0 radical (unpaired) electrons. The minimum Gasteiger partial charge on any atom is -0.507 e. The van der Waals surface area contributed by atoms with Crippen LogP contribution < -0.4 is 18.9 Å². The number of ketones is 4. The maximum Gasteiger partial charge on any atom is 0.256 e. The van der Waals surface area contributed by atoms with Crippen LogP contribution in [-0.2, 0) is 30.4 Å². The van der Waals surface area contributed by atoms with Gasteiger partial charge in [0.2, 0.25) is 0 Å². The molecule has 9 heterocycles. The van der Waals surface area contributed by atoms with Gasteiger partial charge in [0, 0.05) is 103 Å². The van der Waals surface area contributed by atoms with Crippen LogP contribution in [0.3, 0.4) is 0 Å². The maximum absolute atomic E-state index is 13.6. The first-order chi connectivity index (χ1) is 59.1. The zero-order valence-corrected chi connectivity index (χ0v) is 70.3. The Bertz CT molecular complexity index is 4950. The highest BCUT2D eigenvalue weighted by molar-refractivity contribution is 6.02. The molecule has 0 spiro atoms. The van der Waals surface area contributed by atoms with Gasteiger partial charge in [0.05, 0.1) is 81.9 Å². The van der Waals surface area contributed by atoms with Gasteiger partial charge in [-0.25, -0.2) is 0 Å². The summed E-state index contributed by atoms with van der Waals surface area (Å²) in [5, 5.41) is 58.2. The lowest BCUT2D eigenvalue weighted by molar-refractivity contribution is 0.0519. The number of aliphatic hydroxyl groups excluding tert-OH is 1. The van der Waals surface area contributed by atoms with Crippen LogP contribution in [0.5, 0.6) is 46.0 Å². The molecule has 654 valence electrons. The number of amides is 4. The summed E-state index contributed by atoms with van der Waals surface area (Å²) in [6.45, 7) is 12.7. The number of ether oxygens (including phenoxy) is 5. The summed E-state index contributed by atoms with van der Waals surface area (Å²) in [7, 11) is 1.62. The molecule has 5 aliphatic rings. The molecule has 5 aliphatic heterocycles. The summed E-state index contributed by atoms with van der Waals surface area (Å²) < 4.78 is 28.8. The van der Waals surface area contributed by atoms with Crippen LogP contribution in [0.4, 0.5) is 0 Å². The van der Waals surface area contributed by atoms with Crippen LogP contribution in [0, 0.1) is 11.3 Å². The molecule has 28 nitrogen and oxygen atoms in total. The fourth-order valence-corrected chi connectivity index (χ4v) is 16.2. The number of nitrogens with zero attached hydrogens (tertiary/aromatic N) is 10. The quantitative estimate of drug-likeness (QED) is 0.0261. The second-order valence-electron chi connectivity index (χ2n) is 30.8. The van der Waals surface area contributed by atoms with Crippen molar-refractivity contribution in [3.8, 4) is 52.1 Å². The average molecular weight is 1690 g/mol. The molecule has 0 saturated carbocycles. The molecular weight excluding hydrogens is 1570 g/mol. The molecule has 5 saturated heterocycles. The number of Topliss-reactive ketones (excluding diaryl/α,β-unsaturated/α-hetero) is 4. The monoisotopic (exact) mass is 1680 g/mol. The van der Waals surface area contributed by atoms with Crippen LogP contribution in [0.1, 0.15) is 237 Å². The van der Waals surface area contributed by atoms with E-state index in [1.165, 1.54) is 64.8 Å². The number of nitriles is 1. The van der Waals surface area contributed by atoms with Crippen LogP contribution in [0.25, 0.3) is 0 Å². The van der Waals surface area contributed by atoms with Crippen molar-refractivity contribution in [1.29, 1.82) is 5.26 Å². The van der Waals surface area contributed by atoms with Crippen molar-refractivity contribution in [2.75, 3.05) is 92.6 Å². The Balaban J connectivity index is 0.000000186. The number of phenolic OH excluding ortho intramolecular Hbond substituents is 4. The highest BCUT2D eigenvalue weighted by Crippen LogP contribution is 2.35. The van der Waals surface area contributed by atoms with E-state index in [2.05, 4.69) is 30.9 Å². The molecule has 123 heavy (non-hydrogen) atoms. The van der Waals surface area contributed by atoms with Gasteiger partial charge in [-0.15, -0.1) is 0 Å². The van der Waals surface area contributed by atoms with E-state index in [1.807, 2.05) is 21.9 Å². The van der Waals surface area contributed by atoms with Gasteiger partial charge in [0.1, 0.15) is 94.7 Å². The third kappa shape index (κ3) is 25.7. The highest BCUT2D eigenvalue weighted by atomic mass is 16.5. The summed E-state index contributed by atoms with van der Waals surface area (Å²) in [5.74, 6) is -0.490. The van der Waals surface area contributed by atoms with Crippen molar-refractivity contribution in [2.45, 2.75) is 181 Å². The number of methoxy groups -OCH3 is 1. The van der Waals surface area contributed by atoms with Gasteiger partial charge < -0.3 is 73.7 Å². The smallest absolute Gasteiger partial charge is 0.256 e. The number of carbonyl (C=O) groups excluding carboxylic acids is 8. The second-order valence-corrected chi connectivity index (χ2v) is 30.8. The lowest BCUT2D eigenvalue weighted by Crippen LogP contribution is -2.47. The molecule has 5 fully saturated rings. The highest BCUT2D eigenvalue weighted by Gasteiger charge is 2.36. The Hall–Kier alpha value is -12.2. The summed E-state index contributed by atoms with van der Waals surface area (Å²) >= 11 is 0. The number of aryl methyl sites for hydroxylation is 1. The number of phenols is 4. The first-order valence-corrected chi connectivity index (χ1v) is 42.1. The Kier molecular flexibility index (Phi) is 36.8. The number of piperidine rings is 4. The van der Waals surface area contributed by atoms with Gasteiger partial charge in [-0.1, -0.05) is 31.7 Å². The standard InChI is InChI=1S/C26H33N3O4.C23H25N3O4.C23H28N2O5.C22H26N2O5.CH4/c1-19(30)25-23(31)10-6-11-24(25)33-18-20-8-2-3-16-29(20)26(32)21-9-7-13-27-22(21)12-17-28-14-4-5-15-28;1-16(27)22-20(28)10-4-11-21(22)30-15-17-7-2-3-14-26(17)23(29)18-8-6-13-25-19(18)9-5-12-24;1-16(26)22-20(27)9-5-10-21(22)30-15-17-7-3-4-13-25(17)23(28)18-8-6-12-24-19(18)11-14-29-2;1-15(26)21-19(27)8-4-9-20(21)29-14-16-6-2-3-12-24(16)22(28)17-7-5-11-23-18(17)10-13-25;/h6-7,9-11,13,20,31H,2-5,8,12,14-18H2,1H3;4,6,8,10-11,13,17,28H,2-3,5,7,9,14-15H2,1H3;5-6,8-10,12,17,27H,3-4,7,11,13-15H2,1-2H3;4-5,7-9,11,16,25,27H,2-3,6,10,12-14H2,1H3;1H4/t20-;2*17-;16-;/m0000./s1. The molecular formula is C95H116N10O18. The van der Waals surface area contributed by atoms with Crippen molar-refractivity contribution in [3.63, 3.8) is 0 Å². The Morgan fingerprint density at radius 1 is 0.382 bits per heavy atom. The number of hydrogen-bond acceptors (Lipinski definition) is 24. The van der Waals surface area contributed by atoms with Crippen molar-refractivity contribution in [3.05, 3.63) is 213 Å². The molecule has 5 N–H and O–H groups in total. The van der Waals surface area contributed by atoms with Gasteiger partial charge in [-0.2, -0.15) is 5.26 Å². The number of hydrogen-bond donors (Lipinski definition) is 5. The molecule has 4 atom stereocenters. The van der Waals surface area contributed by atoms with Crippen LogP contribution in [0.15, 0.2) is 146 Å². The Morgan fingerprint density at radius 2 is 0.659 bits per heavy atom. The fraction of sp³-hybridized carbons (Fsp3) is 0.442. The number of aromatic nitrogens is 4. The fourth-order valence-electron chi connectivity index (χ4n) is 16.2. The topological polar surface area (TPSA) is 375 Å². The molecule has 13 rings (SSSR count).